The maximum atomic E-state index is 9.57. The number of hydrogen-bond donors (Lipinski definition) is 0. The zero-order chi connectivity index (χ0) is 43.3. The summed E-state index contributed by atoms with van der Waals surface area (Å²) in [6.45, 7) is 0. The Hall–Kier alpha value is -8.92. The molecule has 1 aliphatic heterocycles. The first-order chi connectivity index (χ1) is 32.2. The molecule has 1 aromatic heterocycles. The Labute approximate surface area is 376 Å². The van der Waals surface area contributed by atoms with Crippen molar-refractivity contribution in [3.63, 3.8) is 0 Å². The van der Waals surface area contributed by atoms with Crippen molar-refractivity contribution in [3.8, 4) is 96.6 Å². The average Bonchev–Trinajstić information content (AvgIpc) is 3.70. The number of fused-ring (bicyclic) bond motifs is 6. The quantitative estimate of drug-likeness (QED) is 0.159. The minimum atomic E-state index is -0.553. The highest BCUT2D eigenvalue weighted by molar-refractivity contribution is 5.92. The number of hydrogen-bond acceptors (Lipinski definition) is 6. The van der Waals surface area contributed by atoms with Gasteiger partial charge in [0.15, 0.2) is 40.5 Å². The van der Waals surface area contributed by atoms with Crippen LogP contribution in [0.3, 0.4) is 0 Å². The minimum absolute atomic E-state index is 0.538. The molecule has 0 saturated carbocycles. The Bertz CT molecular complexity index is 3470. The van der Waals surface area contributed by atoms with Crippen LogP contribution in [0.25, 0.3) is 67.5 Å². The van der Waals surface area contributed by atoms with Gasteiger partial charge >= 0.3 is 0 Å². The molecule has 304 valence electrons. The van der Waals surface area contributed by atoms with Crippen LogP contribution < -0.4 is 9.47 Å². The molecule has 65 heavy (non-hydrogen) atoms. The van der Waals surface area contributed by atoms with E-state index >= 15 is 0 Å². The number of nitrogens with zero attached hydrogens (tertiary/aromatic N) is 4. The third-order valence-electron chi connectivity index (χ3n) is 12.5. The van der Waals surface area contributed by atoms with E-state index in [-0.39, 0.29) is 0 Å². The lowest BCUT2D eigenvalue weighted by Crippen LogP contribution is -2.28. The Morgan fingerprint density at radius 1 is 0.369 bits per heavy atom. The predicted molar refractivity (Wildman–Crippen MR) is 256 cm³/mol. The molecule has 0 atom stereocenters. The fourth-order valence-electron chi connectivity index (χ4n) is 9.61. The monoisotopic (exact) mass is 832 g/mol. The first kappa shape index (κ1) is 37.8. The highest BCUT2D eigenvalue weighted by Gasteiger charge is 2.48. The van der Waals surface area contributed by atoms with Gasteiger partial charge in [0, 0.05) is 22.3 Å². The van der Waals surface area contributed by atoms with E-state index in [0.29, 0.717) is 46.0 Å². The van der Waals surface area contributed by atoms with E-state index in [1.165, 1.54) is 16.7 Å². The van der Waals surface area contributed by atoms with Crippen molar-refractivity contribution in [1.82, 2.24) is 15.0 Å². The third kappa shape index (κ3) is 6.29. The van der Waals surface area contributed by atoms with E-state index in [0.717, 1.165) is 55.6 Å². The van der Waals surface area contributed by atoms with Gasteiger partial charge in [-0.2, -0.15) is 5.26 Å². The van der Waals surface area contributed by atoms with E-state index < -0.39 is 5.41 Å². The number of ether oxygens (including phenoxy) is 2. The summed E-state index contributed by atoms with van der Waals surface area (Å²) in [5, 5.41) is 9.57. The van der Waals surface area contributed by atoms with Crippen molar-refractivity contribution in [2.24, 2.45) is 0 Å². The van der Waals surface area contributed by atoms with Gasteiger partial charge in [0.2, 0.25) is 0 Å². The zero-order valence-corrected chi connectivity index (χ0v) is 34.9. The average molecular weight is 833 g/mol. The van der Waals surface area contributed by atoms with E-state index in [1.807, 2.05) is 103 Å². The van der Waals surface area contributed by atoms with E-state index in [1.54, 1.807) is 0 Å². The van der Waals surface area contributed by atoms with Gasteiger partial charge in [0.1, 0.15) is 0 Å². The lowest BCUT2D eigenvalue weighted by Gasteiger charge is -2.34. The second-order valence-electron chi connectivity index (χ2n) is 16.2. The standard InChI is InChI=1S/C59H36N4O2/c60-37-38-16-14-19-40(34-38)41-20-15-21-43(35-41)57-61-56(39-17-4-1-5-18-39)62-58(63-57)47-27-11-10-26-46(47)42-30-32-51-53(36-42)64-52-33-31-50-54(55(52)65-51)48-28-12-13-29-49(48)59(50,44-22-6-2-7-23-44)45-24-8-3-9-25-45/h1-36H. The van der Waals surface area contributed by atoms with Gasteiger partial charge in [0.05, 0.1) is 17.0 Å². The van der Waals surface area contributed by atoms with Crippen LogP contribution in [0.1, 0.15) is 27.8 Å². The first-order valence-corrected chi connectivity index (χ1v) is 21.6. The van der Waals surface area contributed by atoms with Crippen LogP contribution in [0.4, 0.5) is 0 Å². The Balaban J connectivity index is 0.951. The molecule has 2 heterocycles. The second kappa shape index (κ2) is 15.5. The molecular weight excluding hydrogens is 797 g/mol. The zero-order valence-electron chi connectivity index (χ0n) is 34.9. The van der Waals surface area contributed by atoms with Crippen LogP contribution >= 0.6 is 0 Å². The summed E-state index contributed by atoms with van der Waals surface area (Å²) in [5.41, 5.74) is 13.3. The molecule has 0 fully saturated rings. The van der Waals surface area contributed by atoms with E-state index in [4.69, 9.17) is 24.4 Å². The maximum absolute atomic E-state index is 9.57. The van der Waals surface area contributed by atoms with Crippen LogP contribution in [0, 0.1) is 11.3 Å². The highest BCUT2D eigenvalue weighted by Crippen LogP contribution is 2.62. The van der Waals surface area contributed by atoms with Crippen LogP contribution in [-0.4, -0.2) is 15.0 Å². The van der Waals surface area contributed by atoms with Crippen LogP contribution in [-0.2, 0) is 5.41 Å². The summed E-state index contributed by atoms with van der Waals surface area (Å²) in [6, 6.07) is 76.6. The van der Waals surface area contributed by atoms with Crippen molar-refractivity contribution in [2.45, 2.75) is 5.41 Å². The summed E-state index contributed by atoms with van der Waals surface area (Å²) in [6.07, 6.45) is 0. The van der Waals surface area contributed by atoms with Crippen molar-refractivity contribution < 1.29 is 9.47 Å². The van der Waals surface area contributed by atoms with Gasteiger partial charge < -0.3 is 9.47 Å². The fraction of sp³-hybridized carbons (Fsp3) is 0.0169. The van der Waals surface area contributed by atoms with Crippen molar-refractivity contribution >= 4 is 0 Å². The molecule has 6 heteroatoms. The Morgan fingerprint density at radius 2 is 0.938 bits per heavy atom. The molecule has 2 aliphatic rings. The van der Waals surface area contributed by atoms with Crippen LogP contribution in [0.2, 0.25) is 0 Å². The molecule has 0 radical (unpaired) electrons. The second-order valence-corrected chi connectivity index (χ2v) is 16.2. The predicted octanol–water partition coefficient (Wildman–Crippen LogP) is 14.3. The largest absolute Gasteiger partial charge is 0.449 e. The summed E-state index contributed by atoms with van der Waals surface area (Å²) < 4.78 is 13.8. The van der Waals surface area contributed by atoms with E-state index in [2.05, 4.69) is 121 Å². The fourth-order valence-corrected chi connectivity index (χ4v) is 9.61. The first-order valence-electron chi connectivity index (χ1n) is 21.6. The minimum Gasteiger partial charge on any atom is -0.449 e. The Kier molecular flexibility index (Phi) is 8.99. The third-order valence-corrected chi connectivity index (χ3v) is 12.5. The molecule has 0 spiro atoms. The summed E-state index contributed by atoms with van der Waals surface area (Å²) >= 11 is 0. The lowest BCUT2D eigenvalue weighted by atomic mass is 9.68. The van der Waals surface area contributed by atoms with Crippen LogP contribution in [0.15, 0.2) is 218 Å². The summed E-state index contributed by atoms with van der Waals surface area (Å²) in [7, 11) is 0. The number of rotatable bonds is 7. The van der Waals surface area contributed by atoms with Crippen LogP contribution in [0.5, 0.6) is 23.0 Å². The molecule has 12 rings (SSSR count). The maximum Gasteiger partial charge on any atom is 0.178 e. The van der Waals surface area contributed by atoms with E-state index in [9.17, 15) is 5.26 Å². The molecule has 0 amide bonds. The molecule has 0 unspecified atom stereocenters. The SMILES string of the molecule is N#Cc1cccc(-c2cccc(-c3nc(-c4ccccc4)nc(-c4ccccc4-c4ccc5c(c4)Oc4ccc6c(c4O5)-c4ccccc4C6(c4ccccc4)c4ccccc4)n3)c2)c1. The van der Waals surface area contributed by atoms with Gasteiger partial charge in [-0.1, -0.05) is 182 Å². The Morgan fingerprint density at radius 3 is 1.68 bits per heavy atom. The van der Waals surface area contributed by atoms with Gasteiger partial charge in [-0.25, -0.2) is 15.0 Å². The molecule has 0 N–H and O–H groups in total. The molecule has 6 nitrogen and oxygen atoms in total. The van der Waals surface area contributed by atoms with Gasteiger partial charge in [-0.3, -0.25) is 0 Å². The topological polar surface area (TPSA) is 80.9 Å². The molecule has 1 aliphatic carbocycles. The molecular formula is C59H36N4O2. The van der Waals surface area contributed by atoms with Gasteiger partial charge in [-0.15, -0.1) is 0 Å². The molecule has 10 aromatic rings. The number of aromatic nitrogens is 3. The summed E-state index contributed by atoms with van der Waals surface area (Å²) in [5.74, 6) is 4.26. The molecule has 0 bridgehead atoms. The number of nitriles is 1. The summed E-state index contributed by atoms with van der Waals surface area (Å²) in [4.78, 5) is 15.3. The smallest absolute Gasteiger partial charge is 0.178 e. The lowest BCUT2D eigenvalue weighted by molar-refractivity contribution is 0.360. The normalized spacial score (nSPS) is 12.7. The number of benzene rings is 9. The molecule has 0 saturated heterocycles. The van der Waals surface area contributed by atoms with Crippen molar-refractivity contribution in [2.75, 3.05) is 0 Å². The highest BCUT2D eigenvalue weighted by atomic mass is 16.6. The van der Waals surface area contributed by atoms with Crippen molar-refractivity contribution in [3.05, 3.63) is 246 Å². The van der Waals surface area contributed by atoms with Gasteiger partial charge in [-0.05, 0) is 86.5 Å². The van der Waals surface area contributed by atoms with Crippen molar-refractivity contribution in [1.29, 1.82) is 5.26 Å². The molecule has 9 aromatic carbocycles. The van der Waals surface area contributed by atoms with Gasteiger partial charge in [0.25, 0.3) is 0 Å².